The molecule has 4 N–H and O–H groups in total. The van der Waals surface area contributed by atoms with E-state index in [0.717, 1.165) is 55.1 Å². The number of aryl methyl sites for hydroxylation is 1. The van der Waals surface area contributed by atoms with Crippen molar-refractivity contribution in [1.29, 1.82) is 0 Å². The minimum absolute atomic E-state index is 0.110. The van der Waals surface area contributed by atoms with E-state index in [1.165, 1.54) is 31.9 Å². The van der Waals surface area contributed by atoms with Crippen molar-refractivity contribution in [2.24, 2.45) is 46.0 Å². The number of hydrogen-bond donors (Lipinski definition) is 2. The second kappa shape index (κ2) is 11.2. The normalized spacial score (nSPS) is 32.4. The van der Waals surface area contributed by atoms with Gasteiger partial charge in [0.25, 0.3) is 10.4 Å². The molecule has 204 valence electrons. The van der Waals surface area contributed by atoms with Gasteiger partial charge < -0.3 is 13.2 Å². The molecular formula is C27H45N3O5S. The maximum atomic E-state index is 11.1. The van der Waals surface area contributed by atoms with Crippen LogP contribution in [0, 0.1) is 34.5 Å². The molecular weight excluding hydrogens is 478 g/mol. The number of fused-ring (bicyclic) bond motifs is 3. The number of allylic oxidation sites excluding steroid dienone is 1. The summed E-state index contributed by atoms with van der Waals surface area (Å²) in [4.78, 5) is 0. The van der Waals surface area contributed by atoms with Crippen LogP contribution in [0.25, 0.3) is 0 Å². The molecule has 3 saturated carbocycles. The zero-order valence-electron chi connectivity index (χ0n) is 22.5. The molecule has 36 heavy (non-hydrogen) atoms. The van der Waals surface area contributed by atoms with Gasteiger partial charge in [0.1, 0.15) is 6.26 Å². The number of furan rings is 1. The van der Waals surface area contributed by atoms with Gasteiger partial charge in [-0.1, -0.05) is 27.2 Å². The van der Waals surface area contributed by atoms with Gasteiger partial charge in [-0.3, -0.25) is 16.0 Å². The Hall–Kier alpha value is -2.00. The zero-order chi connectivity index (χ0) is 26.7. The van der Waals surface area contributed by atoms with Gasteiger partial charge in [0.2, 0.25) is 0 Å². The SMILES string of the molecule is CC1(C)CCC[C@H]2[C@H]1CC[C@@]1(C)[C@@H]2CC/C(=C\OS(=O)(=O)[O-])[C@@H]1CCc1ccoc1.C[N+](C)=C(N)N. The van der Waals surface area contributed by atoms with Crippen molar-refractivity contribution in [1.82, 2.24) is 0 Å². The van der Waals surface area contributed by atoms with Crippen molar-refractivity contribution in [2.45, 2.75) is 78.6 Å². The van der Waals surface area contributed by atoms with Gasteiger partial charge in [0, 0.05) is 0 Å². The van der Waals surface area contributed by atoms with Crippen LogP contribution in [0.4, 0.5) is 0 Å². The van der Waals surface area contributed by atoms with Crippen molar-refractivity contribution in [3.63, 3.8) is 0 Å². The predicted octanol–water partition coefficient (Wildman–Crippen LogP) is 4.37. The van der Waals surface area contributed by atoms with Crippen molar-refractivity contribution in [3.05, 3.63) is 36.0 Å². The quantitative estimate of drug-likeness (QED) is 0.146. The van der Waals surface area contributed by atoms with Crippen LogP contribution >= 0.6 is 0 Å². The Bertz CT molecular complexity index is 1030. The number of guanidine groups is 1. The fourth-order valence-electron chi connectivity index (χ4n) is 7.41. The van der Waals surface area contributed by atoms with E-state index in [1.807, 2.05) is 6.07 Å². The third-order valence-corrected chi connectivity index (χ3v) is 9.69. The van der Waals surface area contributed by atoms with E-state index in [-0.39, 0.29) is 11.3 Å². The molecule has 3 fully saturated rings. The average Bonchev–Trinajstić information content (AvgIpc) is 3.29. The fraction of sp³-hybridized carbons (Fsp3) is 0.741. The van der Waals surface area contributed by atoms with Crippen molar-refractivity contribution in [2.75, 3.05) is 14.1 Å². The number of hydrogen-bond acceptors (Lipinski definition) is 5. The average molecular weight is 524 g/mol. The first-order valence-electron chi connectivity index (χ1n) is 13.1. The van der Waals surface area contributed by atoms with E-state index in [2.05, 4.69) is 25.0 Å². The summed E-state index contributed by atoms with van der Waals surface area (Å²) in [7, 11) is -1.16. The molecule has 3 aliphatic rings. The molecule has 0 saturated heterocycles. The maximum Gasteiger partial charge on any atom is 0.340 e. The van der Waals surface area contributed by atoms with Gasteiger partial charge in [-0.15, -0.1) is 0 Å². The van der Waals surface area contributed by atoms with E-state index in [4.69, 9.17) is 15.9 Å². The molecule has 0 radical (unpaired) electrons. The van der Waals surface area contributed by atoms with E-state index in [1.54, 1.807) is 31.2 Å². The summed E-state index contributed by atoms with van der Waals surface area (Å²) in [5, 5.41) is 0. The first-order chi connectivity index (χ1) is 16.7. The molecule has 4 rings (SSSR count). The molecule has 0 unspecified atom stereocenters. The first kappa shape index (κ1) is 28.6. The summed E-state index contributed by atoms with van der Waals surface area (Å²) < 4.78 is 44.9. The van der Waals surface area contributed by atoms with Crippen LogP contribution in [0.3, 0.4) is 0 Å². The molecule has 0 aromatic carbocycles. The summed E-state index contributed by atoms with van der Waals surface area (Å²) in [6.45, 7) is 7.31. The maximum absolute atomic E-state index is 11.1. The highest BCUT2D eigenvalue weighted by Gasteiger charge is 2.55. The standard InChI is InChI=1S/C24H36O5S.C3H9N3/c1-23(2)12-4-5-19-21(23)10-13-24(3)20(8-6-17-11-14-28-15-17)18(7-9-22(19)24)16-29-30(25,26)27;1-6(2)3(4)5/h11,14-16,19-22H,4-10,12-13H2,1-3H3,(H,25,26,27);1-2H3,(H3,4,5)/b18-16+;/t19-,20-,21+,22+,24+;/m0./s1. The van der Waals surface area contributed by atoms with Crippen LogP contribution in [0.1, 0.15) is 77.7 Å². The Morgan fingerprint density at radius 2 is 1.89 bits per heavy atom. The smallest absolute Gasteiger partial charge is 0.340 e. The molecule has 0 amide bonds. The third-order valence-electron chi connectivity index (χ3n) is 9.36. The van der Waals surface area contributed by atoms with Crippen molar-refractivity contribution in [3.8, 4) is 0 Å². The molecule has 9 heteroatoms. The number of rotatable bonds is 5. The van der Waals surface area contributed by atoms with Gasteiger partial charge in [-0.05, 0) is 103 Å². The molecule has 0 aliphatic heterocycles. The minimum atomic E-state index is -4.73. The molecule has 1 aromatic rings. The van der Waals surface area contributed by atoms with E-state index >= 15 is 0 Å². The van der Waals surface area contributed by atoms with Gasteiger partial charge in [0.15, 0.2) is 0 Å². The van der Waals surface area contributed by atoms with Crippen LogP contribution in [-0.4, -0.2) is 37.6 Å². The highest BCUT2D eigenvalue weighted by molar-refractivity contribution is 7.80. The number of nitrogens with zero attached hydrogens (tertiary/aromatic N) is 1. The Morgan fingerprint density at radius 1 is 1.19 bits per heavy atom. The highest BCUT2D eigenvalue weighted by Crippen LogP contribution is 2.64. The Balaban J connectivity index is 0.000000538. The summed E-state index contributed by atoms with van der Waals surface area (Å²) in [5.41, 5.74) is 12.8. The van der Waals surface area contributed by atoms with E-state index in [9.17, 15) is 13.0 Å². The van der Waals surface area contributed by atoms with Crippen LogP contribution < -0.4 is 11.5 Å². The van der Waals surface area contributed by atoms with E-state index < -0.39 is 10.4 Å². The van der Waals surface area contributed by atoms with Gasteiger partial charge in [-0.2, -0.15) is 0 Å². The van der Waals surface area contributed by atoms with Crippen LogP contribution in [0.2, 0.25) is 0 Å². The van der Waals surface area contributed by atoms with Crippen molar-refractivity contribution >= 4 is 16.4 Å². The molecule has 8 nitrogen and oxygen atoms in total. The molecule has 3 aliphatic carbocycles. The van der Waals surface area contributed by atoms with Crippen LogP contribution in [0.15, 0.2) is 34.8 Å². The summed E-state index contributed by atoms with van der Waals surface area (Å²) in [5.74, 6) is 2.73. The second-order valence-corrected chi connectivity index (χ2v) is 13.1. The molecule has 0 bridgehead atoms. The summed E-state index contributed by atoms with van der Waals surface area (Å²) in [6, 6.07) is 1.99. The Labute approximate surface area is 217 Å². The number of nitrogens with two attached hydrogens (primary N) is 2. The zero-order valence-corrected chi connectivity index (χ0v) is 23.4. The fourth-order valence-corrected chi connectivity index (χ4v) is 7.65. The topological polar surface area (TPSA) is 135 Å². The van der Waals surface area contributed by atoms with Crippen molar-refractivity contribution < 1.29 is 26.1 Å². The van der Waals surface area contributed by atoms with Gasteiger partial charge in [-0.25, -0.2) is 8.42 Å². The van der Waals surface area contributed by atoms with Gasteiger partial charge in [0.05, 0.1) is 26.6 Å². The lowest BCUT2D eigenvalue weighted by Crippen LogP contribution is -2.53. The van der Waals surface area contributed by atoms with E-state index in [0.29, 0.717) is 17.3 Å². The Morgan fingerprint density at radius 3 is 2.47 bits per heavy atom. The second-order valence-electron chi connectivity index (χ2n) is 12.1. The van der Waals surface area contributed by atoms with Crippen LogP contribution in [0.5, 0.6) is 0 Å². The first-order valence-corrected chi connectivity index (χ1v) is 14.5. The lowest BCUT2D eigenvalue weighted by Gasteiger charge is -2.61. The van der Waals surface area contributed by atoms with Crippen LogP contribution in [-0.2, 0) is 21.0 Å². The third kappa shape index (κ3) is 6.65. The highest BCUT2D eigenvalue weighted by atomic mass is 32.3. The largest absolute Gasteiger partial charge is 0.716 e. The lowest BCUT2D eigenvalue weighted by atomic mass is 9.44. The lowest BCUT2D eigenvalue weighted by molar-refractivity contribution is -0.466. The molecule has 5 atom stereocenters. The van der Waals surface area contributed by atoms with Gasteiger partial charge >= 0.3 is 5.96 Å². The molecule has 1 heterocycles. The minimum Gasteiger partial charge on any atom is -0.716 e. The molecule has 1 aromatic heterocycles. The summed E-state index contributed by atoms with van der Waals surface area (Å²) >= 11 is 0. The predicted molar refractivity (Wildman–Crippen MR) is 140 cm³/mol. The summed E-state index contributed by atoms with van der Waals surface area (Å²) in [6.07, 6.45) is 14.7. The Kier molecular flexibility index (Phi) is 8.87. The molecule has 0 spiro atoms. The monoisotopic (exact) mass is 523 g/mol.